The number of aromatic hydroxyl groups is 2. The van der Waals surface area contributed by atoms with Crippen molar-refractivity contribution in [1.29, 1.82) is 5.41 Å². The smallest absolute Gasteiger partial charge is 0.408 e. The average Bonchev–Trinajstić information content (AvgIpc) is 0.679. The molecule has 101 heavy (non-hydrogen) atoms. The van der Waals surface area contributed by atoms with E-state index in [1.807, 2.05) is 13.8 Å². The summed E-state index contributed by atoms with van der Waals surface area (Å²) in [4.78, 5) is 117. The van der Waals surface area contributed by atoms with Crippen LogP contribution in [0.25, 0.3) is 0 Å². The van der Waals surface area contributed by atoms with E-state index in [1.54, 1.807) is 81.4 Å². The Hall–Kier alpha value is -8.88. The molecule has 0 radical (unpaired) electrons. The maximum atomic E-state index is 15.3. The highest BCUT2D eigenvalue weighted by Crippen LogP contribution is 2.61. The molecule has 4 aromatic rings. The monoisotopic (exact) mass is 1420 g/mol. The molecule has 0 unspecified atom stereocenters. The van der Waals surface area contributed by atoms with Gasteiger partial charge >= 0.3 is 36.0 Å². The molecule has 4 aromatic carbocycles. The predicted molar refractivity (Wildman–Crippen MR) is 361 cm³/mol. The number of nitrogens with two attached hydrogens (primary N) is 1. The van der Waals surface area contributed by atoms with E-state index < -0.39 is 166 Å². The van der Waals surface area contributed by atoms with Crippen molar-refractivity contribution in [2.24, 2.45) is 17.1 Å². The number of fused-ring (bicyclic) bond motifs is 5. The van der Waals surface area contributed by atoms with Crippen molar-refractivity contribution < 1.29 is 101 Å². The largest absolute Gasteiger partial charge is 0.508 e. The van der Waals surface area contributed by atoms with Gasteiger partial charge in [0.1, 0.15) is 59.0 Å². The van der Waals surface area contributed by atoms with Crippen LogP contribution in [0.5, 0.6) is 11.5 Å². The molecule has 3 aliphatic carbocycles. The third kappa shape index (κ3) is 15.5. The second-order valence-corrected chi connectivity index (χ2v) is 30.0. The summed E-state index contributed by atoms with van der Waals surface area (Å²) in [7, 11) is -4.01. The maximum Gasteiger partial charge on any atom is 0.408 e. The number of nitrogens with one attached hydrogen (secondary N) is 2. The van der Waals surface area contributed by atoms with Crippen LogP contribution in [0, 0.1) is 16.7 Å². The number of rotatable bonds is 19. The lowest BCUT2D eigenvalue weighted by Gasteiger charge is -2.65. The number of anilines is 1. The summed E-state index contributed by atoms with van der Waals surface area (Å²) in [6.45, 7) is 13.2. The zero-order chi connectivity index (χ0) is 73.4. The van der Waals surface area contributed by atoms with Crippen molar-refractivity contribution in [3.63, 3.8) is 0 Å². The fourth-order valence-electron chi connectivity index (χ4n) is 14.6. The van der Waals surface area contributed by atoms with E-state index in [-0.39, 0.29) is 97.5 Å². The number of piperazine rings is 2. The number of phenols is 2. The first-order valence-electron chi connectivity index (χ1n) is 33.5. The summed E-state index contributed by atoms with van der Waals surface area (Å²) in [5, 5.41) is 70.1. The summed E-state index contributed by atoms with van der Waals surface area (Å²) in [6.07, 6.45) is -14.1. The number of urea groups is 1. The van der Waals surface area contributed by atoms with E-state index in [1.165, 1.54) is 57.7 Å². The van der Waals surface area contributed by atoms with E-state index >= 15 is 9.59 Å². The standard InChI is InChI=1S/C71H88N8O21S/c1-40(2)47-33-48(51(82)34-50(47)81)63(72)79(66(73)90)46-21-19-43(20-22-46)38-75-25-29-77(30-26-75)101(93,94)78-31-27-76(28-32-78)55(84)23-24-56(85)97-59(57(44-15-11-9-12-16-44)74-67(91)100-68(5,6)7)65(89)96-52-37-70(92)36-49(41(52)3)58(86)61(87)69(8)53(83)35-54-71(39-95-54,99-42(4)80)60(69)62(70)98-64(88)45-17-13-10-14-18-45/h9-22,33-34,40,52-54,57-60,62,72,81-83,86,92H,23-32,35-39H2,1-8H3,(H2,73,90)(H,74,91)/t52-,53-,54+,57-,58+,59+,60-,62-,69+,70+,71-/m0/s1. The topological polar surface area (TPSA) is 405 Å². The highest BCUT2D eigenvalue weighted by atomic mass is 32.2. The summed E-state index contributed by atoms with van der Waals surface area (Å²) in [5.41, 5.74) is -0.0682. The molecule has 3 saturated heterocycles. The van der Waals surface area contributed by atoms with E-state index in [0.717, 1.165) is 23.5 Å². The number of benzene rings is 4. The summed E-state index contributed by atoms with van der Waals surface area (Å²) >= 11 is 0. The molecule has 29 nitrogen and oxygen atoms in total. The van der Waals surface area contributed by atoms with Crippen molar-refractivity contribution in [1.82, 2.24) is 23.7 Å². The Morgan fingerprint density at radius 2 is 1.46 bits per heavy atom. The normalized spacial score (nSPS) is 26.3. The van der Waals surface area contributed by atoms with Crippen molar-refractivity contribution in [3.8, 4) is 11.5 Å². The third-order valence-corrected chi connectivity index (χ3v) is 22.0. The van der Waals surface area contributed by atoms with Gasteiger partial charge in [0.2, 0.25) is 12.0 Å². The number of amides is 4. The highest BCUT2D eigenvalue weighted by Gasteiger charge is 2.76. The lowest BCUT2D eigenvalue weighted by molar-refractivity contribution is -0.340. The number of ether oxygens (including phenoxy) is 6. The Balaban J connectivity index is 0.816. The third-order valence-electron chi connectivity index (χ3n) is 20.0. The van der Waals surface area contributed by atoms with Gasteiger partial charge in [0.15, 0.2) is 11.4 Å². The lowest BCUT2D eigenvalue weighted by atomic mass is 9.48. The molecular weight excluding hydrogens is 1330 g/mol. The molecule has 0 aromatic heterocycles. The van der Waals surface area contributed by atoms with E-state index in [9.17, 15) is 62.7 Å². The Labute approximate surface area is 584 Å². The number of nitrogens with zero attached hydrogens (tertiary/aromatic N) is 5. The summed E-state index contributed by atoms with van der Waals surface area (Å²) in [5.74, 6) is -8.55. The van der Waals surface area contributed by atoms with E-state index in [4.69, 9.17) is 39.6 Å². The molecule has 9 N–H and O–H groups in total. The number of phenolic OH excluding ortho intramolecular Hbond substituents is 2. The second-order valence-electron chi connectivity index (χ2n) is 28.1. The van der Waals surface area contributed by atoms with Gasteiger partial charge in [-0.05, 0) is 98.7 Å². The van der Waals surface area contributed by atoms with Gasteiger partial charge in [0.05, 0.1) is 47.3 Å². The van der Waals surface area contributed by atoms with Gasteiger partial charge in [0.25, 0.3) is 10.2 Å². The molecule has 5 fully saturated rings. The SMILES string of the molecule is CC(=O)O[C@@]12CO[C@@H]1C[C@H](O)[C@@]1(C)C(=O)[C@H](O)C3=C(C)[C@@H](OC(=O)[C@H](OC(=O)CCC(=O)N4CCN(S(=O)(=O)N5CCN(Cc6ccc(N(C(=N)c7cc(C(C)C)c(O)cc7O)C(N)=O)cc6)CC5)CC4)[C@@H](NC(=O)OC(C)(C)C)c4ccccc4)C[C@](O)(C3)[C@@H](OC(=O)c3ccccc3)[C@H]21. The number of aliphatic hydroxyl groups is 3. The van der Waals surface area contributed by atoms with Crippen LogP contribution in [0.15, 0.2) is 108 Å². The summed E-state index contributed by atoms with van der Waals surface area (Å²) in [6, 6.07) is 22.2. The fourth-order valence-corrected chi connectivity index (χ4v) is 16.2. The van der Waals surface area contributed by atoms with Crippen LogP contribution < -0.4 is 16.0 Å². The summed E-state index contributed by atoms with van der Waals surface area (Å²) < 4.78 is 66.9. The number of ketones is 1. The first-order valence-corrected chi connectivity index (χ1v) is 34.9. The zero-order valence-corrected chi connectivity index (χ0v) is 58.3. The van der Waals surface area contributed by atoms with Crippen molar-refractivity contribution in [3.05, 3.63) is 136 Å². The van der Waals surface area contributed by atoms with Crippen LogP contribution in [0.1, 0.15) is 132 Å². The molecule has 11 atom stereocenters. The molecule has 3 aliphatic heterocycles. The molecule has 544 valence electrons. The number of Topliss-reactive ketones (excluding diaryl/α,β-unsaturated/α-hetero) is 1. The van der Waals surface area contributed by atoms with Gasteiger partial charge in [-0.15, -0.1) is 0 Å². The highest BCUT2D eigenvalue weighted by molar-refractivity contribution is 7.86. The van der Waals surface area contributed by atoms with Crippen LogP contribution in [0.3, 0.4) is 0 Å². The Morgan fingerprint density at radius 3 is 2.03 bits per heavy atom. The van der Waals surface area contributed by atoms with Gasteiger partial charge in [-0.2, -0.15) is 17.0 Å². The molecule has 2 saturated carbocycles. The molecule has 0 spiro atoms. The molecule has 3 heterocycles. The average molecular weight is 1420 g/mol. The Kier molecular flexibility index (Phi) is 21.9. The van der Waals surface area contributed by atoms with Crippen LogP contribution >= 0.6 is 0 Å². The molecule has 2 bridgehead atoms. The number of primary amides is 1. The number of carbonyl (C=O) groups is 8. The minimum Gasteiger partial charge on any atom is -0.508 e. The molecule has 10 rings (SSSR count). The number of esters is 4. The zero-order valence-electron chi connectivity index (χ0n) is 57.5. The quantitative estimate of drug-likeness (QED) is 0.0209. The van der Waals surface area contributed by atoms with Gasteiger partial charge in [-0.25, -0.2) is 24.1 Å². The van der Waals surface area contributed by atoms with Crippen LogP contribution in [0.4, 0.5) is 15.3 Å². The first-order chi connectivity index (χ1) is 47.6. The molecular formula is C71H88N8O21S. The fraction of sp³-hybridized carbons (Fsp3) is 0.507. The molecule has 6 aliphatic rings. The Morgan fingerprint density at radius 1 is 0.842 bits per heavy atom. The van der Waals surface area contributed by atoms with Gasteiger partial charge in [0, 0.05) is 97.6 Å². The van der Waals surface area contributed by atoms with Crippen molar-refractivity contribution in [2.45, 2.75) is 159 Å². The first kappa shape index (κ1) is 74.8. The molecule has 30 heteroatoms. The number of alkyl carbamates (subject to hydrolysis) is 1. The lowest BCUT2D eigenvalue weighted by Crippen LogP contribution is -2.80. The number of hydrogen-bond acceptors (Lipinski definition) is 23. The number of aliphatic hydroxyl groups excluding tert-OH is 2. The van der Waals surface area contributed by atoms with Crippen LogP contribution in [-0.2, 0) is 69.1 Å². The molecule has 4 amide bonds. The van der Waals surface area contributed by atoms with Crippen LogP contribution in [-0.4, -0.2) is 218 Å². The number of hydrogen-bond donors (Lipinski definition) is 8. The second kappa shape index (κ2) is 29.6. The number of amidine groups is 1. The van der Waals surface area contributed by atoms with Crippen molar-refractivity contribution >= 4 is 69.4 Å². The maximum absolute atomic E-state index is 15.3. The van der Waals surface area contributed by atoms with Gasteiger partial charge < -0.3 is 69.9 Å². The van der Waals surface area contributed by atoms with E-state index in [2.05, 4.69) is 10.2 Å². The minimum atomic E-state index is -4.01. The Bertz CT molecular complexity index is 3990. The van der Waals surface area contributed by atoms with E-state index in [0.29, 0.717) is 25.2 Å². The van der Waals surface area contributed by atoms with Gasteiger partial charge in [-0.1, -0.05) is 74.5 Å². The van der Waals surface area contributed by atoms with Crippen LogP contribution in [0.2, 0.25) is 0 Å². The minimum absolute atomic E-state index is 0.00739. The van der Waals surface area contributed by atoms with Gasteiger partial charge in [-0.3, -0.25) is 29.5 Å². The predicted octanol–water partition coefficient (Wildman–Crippen LogP) is 4.61. The van der Waals surface area contributed by atoms with Crippen molar-refractivity contribution in [2.75, 3.05) is 63.9 Å². The number of carbonyl (C=O) groups excluding carboxylic acids is 8.